The Morgan fingerprint density at radius 1 is 1.09 bits per heavy atom. The molecular formula is C8H12N2S. The highest BCUT2D eigenvalue weighted by atomic mass is 32.1. The van der Waals surface area contributed by atoms with E-state index in [2.05, 4.69) is 34.7 Å². The van der Waals surface area contributed by atoms with Crippen LogP contribution in [0.25, 0.3) is 0 Å². The van der Waals surface area contributed by atoms with E-state index in [9.17, 15) is 0 Å². The van der Waals surface area contributed by atoms with Crippen LogP contribution in [-0.2, 0) is 0 Å². The largest absolute Gasteiger partial charge is 0.370 e. The summed E-state index contributed by atoms with van der Waals surface area (Å²) in [5.74, 6) is 0. The van der Waals surface area contributed by atoms with Crippen LogP contribution in [0.1, 0.15) is 0 Å². The first kappa shape index (κ1) is 6.98. The van der Waals surface area contributed by atoms with Crippen molar-refractivity contribution in [2.45, 2.75) is 0 Å². The van der Waals surface area contributed by atoms with E-state index in [0.29, 0.717) is 0 Å². The first-order valence-electron chi connectivity index (χ1n) is 3.77. The SMILES string of the molecule is CN1CCN(C)c2cscc21. The predicted octanol–water partition coefficient (Wildman–Crippen LogP) is 1.63. The lowest BCUT2D eigenvalue weighted by Crippen LogP contribution is -2.35. The summed E-state index contributed by atoms with van der Waals surface area (Å²) in [6, 6.07) is 0. The van der Waals surface area contributed by atoms with Gasteiger partial charge in [-0.15, -0.1) is 11.3 Å². The fraction of sp³-hybridized carbons (Fsp3) is 0.500. The Balaban J connectivity index is 2.43. The van der Waals surface area contributed by atoms with Crippen LogP contribution in [0.5, 0.6) is 0 Å². The van der Waals surface area contributed by atoms with Crippen molar-refractivity contribution >= 4 is 22.7 Å². The summed E-state index contributed by atoms with van der Waals surface area (Å²) in [6.07, 6.45) is 0. The van der Waals surface area contributed by atoms with Crippen molar-refractivity contribution in [1.29, 1.82) is 0 Å². The topological polar surface area (TPSA) is 6.48 Å². The molecule has 1 aromatic rings. The van der Waals surface area contributed by atoms with E-state index < -0.39 is 0 Å². The molecule has 3 heteroatoms. The number of likely N-dealkylation sites (N-methyl/N-ethyl adjacent to an activating group) is 2. The average molecular weight is 168 g/mol. The van der Waals surface area contributed by atoms with Crippen molar-refractivity contribution in [2.75, 3.05) is 37.0 Å². The van der Waals surface area contributed by atoms with Gasteiger partial charge in [0, 0.05) is 37.9 Å². The van der Waals surface area contributed by atoms with Gasteiger partial charge in [-0.25, -0.2) is 0 Å². The Labute approximate surface area is 71.0 Å². The summed E-state index contributed by atoms with van der Waals surface area (Å²) in [5, 5.41) is 4.43. The molecule has 1 aromatic heterocycles. The summed E-state index contributed by atoms with van der Waals surface area (Å²) in [4.78, 5) is 4.62. The Morgan fingerprint density at radius 2 is 1.55 bits per heavy atom. The first-order valence-corrected chi connectivity index (χ1v) is 4.72. The van der Waals surface area contributed by atoms with Gasteiger partial charge < -0.3 is 9.80 Å². The van der Waals surface area contributed by atoms with Gasteiger partial charge >= 0.3 is 0 Å². The summed E-state index contributed by atoms with van der Waals surface area (Å²) in [7, 11) is 4.30. The highest BCUT2D eigenvalue weighted by Gasteiger charge is 2.17. The molecule has 11 heavy (non-hydrogen) atoms. The summed E-state index contributed by atoms with van der Waals surface area (Å²) in [5.41, 5.74) is 2.76. The van der Waals surface area contributed by atoms with Gasteiger partial charge in [-0.2, -0.15) is 0 Å². The van der Waals surface area contributed by atoms with Crippen molar-refractivity contribution in [3.8, 4) is 0 Å². The molecule has 2 nitrogen and oxygen atoms in total. The molecule has 1 aliphatic rings. The van der Waals surface area contributed by atoms with Gasteiger partial charge in [-0.1, -0.05) is 0 Å². The molecule has 0 N–H and O–H groups in total. The second kappa shape index (κ2) is 2.41. The van der Waals surface area contributed by atoms with E-state index in [1.807, 2.05) is 0 Å². The fourth-order valence-corrected chi connectivity index (χ4v) is 2.32. The minimum atomic E-state index is 1.14. The molecule has 2 heterocycles. The lowest BCUT2D eigenvalue weighted by Gasteiger charge is -2.32. The van der Waals surface area contributed by atoms with Crippen LogP contribution in [0.2, 0.25) is 0 Å². The third kappa shape index (κ3) is 0.997. The molecule has 0 unspecified atom stereocenters. The molecule has 60 valence electrons. The van der Waals surface area contributed by atoms with Crippen LogP contribution in [-0.4, -0.2) is 27.2 Å². The molecule has 0 aromatic carbocycles. The van der Waals surface area contributed by atoms with Crippen molar-refractivity contribution in [1.82, 2.24) is 0 Å². The monoisotopic (exact) mass is 168 g/mol. The number of thiophene rings is 1. The van der Waals surface area contributed by atoms with Crippen molar-refractivity contribution in [2.24, 2.45) is 0 Å². The quantitative estimate of drug-likeness (QED) is 0.581. The van der Waals surface area contributed by atoms with E-state index >= 15 is 0 Å². The normalized spacial score (nSPS) is 16.9. The van der Waals surface area contributed by atoms with Gasteiger partial charge in [0.25, 0.3) is 0 Å². The van der Waals surface area contributed by atoms with Crippen molar-refractivity contribution in [3.05, 3.63) is 10.8 Å². The minimum Gasteiger partial charge on any atom is -0.370 e. The molecule has 0 saturated carbocycles. The summed E-state index contributed by atoms with van der Waals surface area (Å²) >= 11 is 1.78. The van der Waals surface area contributed by atoms with Crippen LogP contribution in [0.4, 0.5) is 11.4 Å². The number of anilines is 2. The highest BCUT2D eigenvalue weighted by molar-refractivity contribution is 7.09. The van der Waals surface area contributed by atoms with E-state index in [1.165, 1.54) is 11.4 Å². The zero-order valence-corrected chi connectivity index (χ0v) is 7.69. The van der Waals surface area contributed by atoms with Crippen LogP contribution < -0.4 is 9.80 Å². The average Bonchev–Trinajstić information content (AvgIpc) is 2.45. The molecule has 1 aliphatic heterocycles. The van der Waals surface area contributed by atoms with Crippen LogP contribution >= 0.6 is 11.3 Å². The fourth-order valence-electron chi connectivity index (χ4n) is 1.40. The molecule has 0 aliphatic carbocycles. The lowest BCUT2D eigenvalue weighted by molar-refractivity contribution is 0.801. The van der Waals surface area contributed by atoms with Crippen LogP contribution in [0, 0.1) is 0 Å². The van der Waals surface area contributed by atoms with Crippen molar-refractivity contribution in [3.63, 3.8) is 0 Å². The van der Waals surface area contributed by atoms with Crippen LogP contribution in [0.3, 0.4) is 0 Å². The number of rotatable bonds is 0. The number of hydrogen-bond acceptors (Lipinski definition) is 3. The molecule has 0 saturated heterocycles. The van der Waals surface area contributed by atoms with Crippen molar-refractivity contribution < 1.29 is 0 Å². The Bertz CT molecular complexity index is 232. The van der Waals surface area contributed by atoms with Gasteiger partial charge in [0.15, 0.2) is 0 Å². The third-order valence-electron chi connectivity index (χ3n) is 2.22. The molecule has 0 fully saturated rings. The maximum atomic E-state index is 2.31. The standard InChI is InChI=1S/C8H12N2S/c1-9-3-4-10(2)8-6-11-5-7(8)9/h5-6H,3-4H2,1-2H3. The third-order valence-corrected chi connectivity index (χ3v) is 2.93. The predicted molar refractivity (Wildman–Crippen MR) is 50.9 cm³/mol. The van der Waals surface area contributed by atoms with Crippen LogP contribution in [0.15, 0.2) is 10.8 Å². The number of hydrogen-bond donors (Lipinski definition) is 0. The Kier molecular flexibility index (Phi) is 1.53. The van der Waals surface area contributed by atoms with E-state index in [-0.39, 0.29) is 0 Å². The van der Waals surface area contributed by atoms with Gasteiger partial charge in [0.05, 0.1) is 11.4 Å². The summed E-state index contributed by atoms with van der Waals surface area (Å²) < 4.78 is 0. The zero-order chi connectivity index (χ0) is 7.84. The Hall–Kier alpha value is -0.700. The van der Waals surface area contributed by atoms with Gasteiger partial charge in [0.2, 0.25) is 0 Å². The van der Waals surface area contributed by atoms with Gasteiger partial charge in [-0.3, -0.25) is 0 Å². The van der Waals surface area contributed by atoms with E-state index in [4.69, 9.17) is 0 Å². The molecule has 0 spiro atoms. The van der Waals surface area contributed by atoms with E-state index in [0.717, 1.165) is 13.1 Å². The molecule has 0 bridgehead atoms. The smallest absolute Gasteiger partial charge is 0.0710 e. The highest BCUT2D eigenvalue weighted by Crippen LogP contribution is 2.34. The van der Waals surface area contributed by atoms with E-state index in [1.54, 1.807) is 11.3 Å². The maximum Gasteiger partial charge on any atom is 0.0710 e. The molecule has 0 amide bonds. The van der Waals surface area contributed by atoms with Gasteiger partial charge in [-0.05, 0) is 0 Å². The number of nitrogens with zero attached hydrogens (tertiary/aromatic N) is 2. The first-order chi connectivity index (χ1) is 5.29. The lowest BCUT2D eigenvalue weighted by atomic mass is 10.3. The number of fused-ring (bicyclic) bond motifs is 1. The summed E-state index contributed by atoms with van der Waals surface area (Å²) in [6.45, 7) is 2.28. The molecular weight excluding hydrogens is 156 g/mol. The molecule has 0 atom stereocenters. The Morgan fingerprint density at radius 3 is 2.00 bits per heavy atom. The zero-order valence-electron chi connectivity index (χ0n) is 6.87. The second-order valence-electron chi connectivity index (χ2n) is 2.99. The molecule has 2 rings (SSSR count). The molecule has 0 radical (unpaired) electrons. The minimum absolute atomic E-state index is 1.14. The maximum absolute atomic E-state index is 2.31. The van der Waals surface area contributed by atoms with Gasteiger partial charge in [0.1, 0.15) is 0 Å². The second-order valence-corrected chi connectivity index (χ2v) is 3.73.